The lowest BCUT2D eigenvalue weighted by atomic mass is 10.2. The first-order chi connectivity index (χ1) is 7.79. The van der Waals surface area contributed by atoms with Gasteiger partial charge in [0.15, 0.2) is 5.76 Å². The molecule has 2 rings (SSSR count). The molecule has 0 aliphatic rings. The fourth-order valence-corrected chi connectivity index (χ4v) is 1.29. The van der Waals surface area contributed by atoms with Crippen LogP contribution in [0.5, 0.6) is 0 Å². The zero-order valence-corrected chi connectivity index (χ0v) is 8.77. The van der Waals surface area contributed by atoms with Crippen LogP contribution in [0.4, 0.5) is 5.82 Å². The van der Waals surface area contributed by atoms with Gasteiger partial charge in [-0.3, -0.25) is 0 Å². The van der Waals surface area contributed by atoms with Crippen molar-refractivity contribution in [3.8, 4) is 6.07 Å². The summed E-state index contributed by atoms with van der Waals surface area (Å²) in [5.74, 6) is 1.27. The van der Waals surface area contributed by atoms with Crippen LogP contribution in [-0.2, 0) is 6.54 Å². The van der Waals surface area contributed by atoms with Crippen molar-refractivity contribution in [3.63, 3.8) is 0 Å². The molecule has 0 aliphatic heterocycles. The molecule has 0 radical (unpaired) electrons. The fourth-order valence-electron chi connectivity index (χ4n) is 1.29. The number of hydrogen-bond acceptors (Lipinski definition) is 5. The van der Waals surface area contributed by atoms with E-state index in [4.69, 9.17) is 9.78 Å². The molecule has 16 heavy (non-hydrogen) atoms. The highest BCUT2D eigenvalue weighted by Crippen LogP contribution is 2.13. The van der Waals surface area contributed by atoms with Crippen LogP contribution in [-0.4, -0.2) is 10.1 Å². The standard InChI is InChI=1S/C11H10N4O/c1-8-2-3-9(6-12)11(15-8)13-7-10-4-5-14-16-10/h2-5H,7H2,1H3,(H,13,15). The third kappa shape index (κ3) is 2.17. The normalized spacial score (nSPS) is 9.75. The van der Waals surface area contributed by atoms with Crippen molar-refractivity contribution in [2.75, 3.05) is 5.32 Å². The predicted octanol–water partition coefficient (Wildman–Crippen LogP) is 1.86. The minimum Gasteiger partial charge on any atom is -0.362 e. The molecule has 2 heterocycles. The summed E-state index contributed by atoms with van der Waals surface area (Å²) in [7, 11) is 0. The maximum absolute atomic E-state index is 8.90. The van der Waals surface area contributed by atoms with Crippen molar-refractivity contribution < 1.29 is 4.52 Å². The first kappa shape index (κ1) is 10.2. The maximum Gasteiger partial charge on any atom is 0.155 e. The topological polar surface area (TPSA) is 74.7 Å². The Bertz CT molecular complexity index is 513. The highest BCUT2D eigenvalue weighted by molar-refractivity contribution is 5.52. The Morgan fingerprint density at radius 1 is 1.44 bits per heavy atom. The van der Waals surface area contributed by atoms with Gasteiger partial charge in [0.25, 0.3) is 0 Å². The molecule has 0 amide bonds. The van der Waals surface area contributed by atoms with E-state index in [1.165, 1.54) is 0 Å². The Kier molecular flexibility index (Phi) is 2.83. The molecule has 0 aromatic carbocycles. The van der Waals surface area contributed by atoms with Crippen molar-refractivity contribution in [2.45, 2.75) is 13.5 Å². The molecule has 80 valence electrons. The molecular formula is C11H10N4O. The van der Waals surface area contributed by atoms with E-state index in [0.717, 1.165) is 5.69 Å². The number of aromatic nitrogens is 2. The zero-order chi connectivity index (χ0) is 11.4. The number of rotatable bonds is 3. The van der Waals surface area contributed by atoms with Gasteiger partial charge in [0.1, 0.15) is 11.9 Å². The van der Waals surface area contributed by atoms with Crippen LogP contribution in [0.25, 0.3) is 0 Å². The molecule has 0 atom stereocenters. The van der Waals surface area contributed by atoms with E-state index in [9.17, 15) is 0 Å². The highest BCUT2D eigenvalue weighted by Gasteiger charge is 2.04. The first-order valence-corrected chi connectivity index (χ1v) is 4.81. The van der Waals surface area contributed by atoms with Crippen LogP contribution in [0.2, 0.25) is 0 Å². The molecule has 0 unspecified atom stereocenters. The van der Waals surface area contributed by atoms with Gasteiger partial charge >= 0.3 is 0 Å². The third-order valence-corrected chi connectivity index (χ3v) is 2.08. The smallest absolute Gasteiger partial charge is 0.155 e. The van der Waals surface area contributed by atoms with E-state index >= 15 is 0 Å². The second-order valence-corrected chi connectivity index (χ2v) is 3.29. The average molecular weight is 214 g/mol. The largest absolute Gasteiger partial charge is 0.362 e. The van der Waals surface area contributed by atoms with E-state index in [1.54, 1.807) is 24.4 Å². The molecule has 0 saturated heterocycles. The molecule has 5 heteroatoms. The number of hydrogen-bond donors (Lipinski definition) is 1. The molecule has 0 fully saturated rings. The van der Waals surface area contributed by atoms with Crippen LogP contribution in [0, 0.1) is 18.3 Å². The Morgan fingerprint density at radius 2 is 2.31 bits per heavy atom. The van der Waals surface area contributed by atoms with Crippen molar-refractivity contribution >= 4 is 5.82 Å². The molecule has 5 nitrogen and oxygen atoms in total. The van der Waals surface area contributed by atoms with Crippen LogP contribution in [0.3, 0.4) is 0 Å². The molecule has 0 bridgehead atoms. The Balaban J connectivity index is 2.15. The Labute approximate surface area is 92.7 Å². The van der Waals surface area contributed by atoms with E-state index in [2.05, 4.69) is 21.5 Å². The number of nitriles is 1. The second kappa shape index (κ2) is 4.45. The van der Waals surface area contributed by atoms with Crippen molar-refractivity contribution in [3.05, 3.63) is 41.4 Å². The third-order valence-electron chi connectivity index (χ3n) is 2.08. The molecule has 0 saturated carbocycles. The molecule has 0 aliphatic carbocycles. The van der Waals surface area contributed by atoms with E-state index in [1.807, 2.05) is 6.92 Å². The minimum absolute atomic E-state index is 0.463. The summed E-state index contributed by atoms with van der Waals surface area (Å²) in [5, 5.41) is 15.5. The minimum atomic E-state index is 0.463. The average Bonchev–Trinajstić information content (AvgIpc) is 2.79. The van der Waals surface area contributed by atoms with E-state index in [-0.39, 0.29) is 0 Å². The monoisotopic (exact) mass is 214 g/mol. The van der Waals surface area contributed by atoms with Gasteiger partial charge in [-0.15, -0.1) is 0 Å². The molecule has 2 aromatic heterocycles. The van der Waals surface area contributed by atoms with Gasteiger partial charge < -0.3 is 9.84 Å². The Hall–Kier alpha value is -2.35. The summed E-state index contributed by atoms with van der Waals surface area (Å²) in [6.07, 6.45) is 1.58. The summed E-state index contributed by atoms with van der Waals surface area (Å²) in [6, 6.07) is 7.39. The SMILES string of the molecule is Cc1ccc(C#N)c(NCc2ccno2)n1. The summed E-state index contributed by atoms with van der Waals surface area (Å²) in [4.78, 5) is 4.25. The number of anilines is 1. The van der Waals surface area contributed by atoms with Gasteiger partial charge in [0.2, 0.25) is 0 Å². The lowest BCUT2D eigenvalue weighted by Gasteiger charge is -2.05. The highest BCUT2D eigenvalue weighted by atomic mass is 16.5. The van der Waals surface area contributed by atoms with Gasteiger partial charge in [-0.25, -0.2) is 4.98 Å². The number of nitrogens with one attached hydrogen (secondary N) is 1. The lowest BCUT2D eigenvalue weighted by molar-refractivity contribution is 0.388. The summed E-state index contributed by atoms with van der Waals surface area (Å²) < 4.78 is 4.94. The van der Waals surface area contributed by atoms with Crippen molar-refractivity contribution in [1.82, 2.24) is 10.1 Å². The van der Waals surface area contributed by atoms with Gasteiger partial charge in [0.05, 0.1) is 18.3 Å². The van der Waals surface area contributed by atoms with Gasteiger partial charge in [-0.1, -0.05) is 5.16 Å². The quantitative estimate of drug-likeness (QED) is 0.844. The Morgan fingerprint density at radius 3 is 3.00 bits per heavy atom. The van der Waals surface area contributed by atoms with Crippen molar-refractivity contribution in [2.24, 2.45) is 0 Å². The van der Waals surface area contributed by atoms with Gasteiger partial charge in [0, 0.05) is 11.8 Å². The molecule has 2 aromatic rings. The van der Waals surface area contributed by atoms with Gasteiger partial charge in [-0.05, 0) is 19.1 Å². The van der Waals surface area contributed by atoms with Crippen molar-refractivity contribution in [1.29, 1.82) is 5.26 Å². The van der Waals surface area contributed by atoms with E-state index < -0.39 is 0 Å². The van der Waals surface area contributed by atoms with E-state index in [0.29, 0.717) is 23.7 Å². The predicted molar refractivity (Wildman–Crippen MR) is 57.5 cm³/mol. The van der Waals surface area contributed by atoms with Gasteiger partial charge in [-0.2, -0.15) is 5.26 Å². The molecule has 1 N–H and O–H groups in total. The van der Waals surface area contributed by atoms with Crippen LogP contribution >= 0.6 is 0 Å². The summed E-state index contributed by atoms with van der Waals surface area (Å²) in [6.45, 7) is 2.34. The fraction of sp³-hybridized carbons (Fsp3) is 0.182. The maximum atomic E-state index is 8.90. The lowest BCUT2D eigenvalue weighted by Crippen LogP contribution is -2.03. The number of pyridine rings is 1. The zero-order valence-electron chi connectivity index (χ0n) is 8.77. The number of nitrogens with zero attached hydrogens (tertiary/aromatic N) is 3. The van der Waals surface area contributed by atoms with Crippen LogP contribution in [0.15, 0.2) is 28.9 Å². The van der Waals surface area contributed by atoms with Crippen LogP contribution in [0.1, 0.15) is 17.0 Å². The second-order valence-electron chi connectivity index (χ2n) is 3.29. The van der Waals surface area contributed by atoms with Crippen LogP contribution < -0.4 is 5.32 Å². The summed E-state index contributed by atoms with van der Waals surface area (Å²) in [5.41, 5.74) is 1.38. The molecule has 0 spiro atoms. The number of aryl methyl sites for hydroxylation is 1. The molecular weight excluding hydrogens is 204 g/mol. The first-order valence-electron chi connectivity index (χ1n) is 4.81. The summed E-state index contributed by atoms with van der Waals surface area (Å²) >= 11 is 0.